The Kier molecular flexibility index (Phi) is 15.1. The van der Waals surface area contributed by atoms with E-state index in [0.717, 1.165) is 12.8 Å². The third kappa shape index (κ3) is 18.9. The molecule has 2 N–H and O–H groups in total. The molecule has 28 heavy (non-hydrogen) atoms. The first kappa shape index (κ1) is 27.5. The van der Waals surface area contributed by atoms with Gasteiger partial charge in [-0.25, -0.2) is 4.57 Å². The molecule has 0 amide bonds. The second-order valence-corrected chi connectivity index (χ2v) is 10.0. The van der Waals surface area contributed by atoms with Crippen LogP contribution in [0.4, 0.5) is 0 Å². The molecule has 0 aliphatic heterocycles. The zero-order valence-corrected chi connectivity index (χ0v) is 19.3. The van der Waals surface area contributed by atoms with Crippen LogP contribution in [0.2, 0.25) is 0 Å². The highest BCUT2D eigenvalue weighted by atomic mass is 31.2. The summed E-state index contributed by atoms with van der Waals surface area (Å²) in [7, 11) is 1.36. The van der Waals surface area contributed by atoms with Gasteiger partial charge in [-0.15, -0.1) is 0 Å². The first-order chi connectivity index (χ1) is 13.1. The van der Waals surface area contributed by atoms with Gasteiger partial charge in [0.05, 0.1) is 34.2 Å². The molecular formula is C20H43NO6P+. The lowest BCUT2D eigenvalue weighted by Crippen LogP contribution is -2.42. The molecule has 168 valence electrons. The summed E-state index contributed by atoms with van der Waals surface area (Å²) in [5.41, 5.74) is 0. The van der Waals surface area contributed by atoms with Crippen LogP contribution in [0.5, 0.6) is 0 Å². The largest absolute Gasteiger partial charge is 0.481 e. The lowest BCUT2D eigenvalue weighted by atomic mass is 10.1. The van der Waals surface area contributed by atoms with Crippen LogP contribution >= 0.6 is 7.82 Å². The molecule has 0 aromatic heterocycles. The minimum absolute atomic E-state index is 0.148. The fourth-order valence-corrected chi connectivity index (χ4v) is 4.04. The predicted molar refractivity (Wildman–Crippen MR) is 112 cm³/mol. The number of phosphoric ester groups is 1. The van der Waals surface area contributed by atoms with Crippen molar-refractivity contribution < 1.29 is 32.9 Å². The summed E-state index contributed by atoms with van der Waals surface area (Å²) < 4.78 is 22.7. The number of rotatable bonds is 19. The van der Waals surface area contributed by atoms with Crippen molar-refractivity contribution >= 4 is 13.8 Å². The van der Waals surface area contributed by atoms with E-state index in [0.29, 0.717) is 17.4 Å². The third-order valence-electron chi connectivity index (χ3n) is 4.44. The monoisotopic (exact) mass is 424 g/mol. The Morgan fingerprint density at radius 2 is 1.39 bits per heavy atom. The molecule has 0 aliphatic rings. The number of carboxylic acids is 1. The summed E-state index contributed by atoms with van der Waals surface area (Å²) in [6, 6.07) is 0. The van der Waals surface area contributed by atoms with E-state index in [-0.39, 0.29) is 13.0 Å². The predicted octanol–water partition coefficient (Wildman–Crippen LogP) is 4.98. The quantitative estimate of drug-likeness (QED) is 0.173. The van der Waals surface area contributed by atoms with E-state index >= 15 is 0 Å². The average Bonchev–Trinajstić information content (AvgIpc) is 2.53. The van der Waals surface area contributed by atoms with E-state index in [1.54, 1.807) is 0 Å². The second-order valence-electron chi connectivity index (χ2n) is 8.64. The van der Waals surface area contributed by atoms with Crippen LogP contribution in [0.3, 0.4) is 0 Å². The fraction of sp³-hybridized carbons (Fsp3) is 0.950. The van der Waals surface area contributed by atoms with Crippen molar-refractivity contribution in [2.45, 2.75) is 90.1 Å². The van der Waals surface area contributed by atoms with E-state index in [1.807, 2.05) is 21.1 Å². The Morgan fingerprint density at radius 3 is 1.82 bits per heavy atom. The molecule has 0 bridgehead atoms. The summed E-state index contributed by atoms with van der Waals surface area (Å²) in [5.74, 6) is -1.07. The highest BCUT2D eigenvalue weighted by Crippen LogP contribution is 2.45. The number of likely N-dealkylation sites (N-methyl/N-ethyl adjacent to an activating group) is 1. The average molecular weight is 425 g/mol. The molecule has 0 radical (unpaired) electrons. The standard InChI is InChI=1S/C20H42NO6P/c1-5-6-7-8-9-10-11-12-13-14-15-16-26-28(24,25)27-19(17-20(22)23)18-21(2,3)4/h19H,5-18H2,1-4H3,(H-,22,23,24,25)/p+1/t19-/m1/s1. The van der Waals surface area contributed by atoms with Crippen LogP contribution in [-0.4, -0.2) is 60.9 Å². The first-order valence-electron chi connectivity index (χ1n) is 10.7. The van der Waals surface area contributed by atoms with Gasteiger partial charge in [-0.1, -0.05) is 71.1 Å². The van der Waals surface area contributed by atoms with Crippen LogP contribution in [0, 0.1) is 0 Å². The van der Waals surface area contributed by atoms with Gasteiger partial charge >= 0.3 is 13.8 Å². The van der Waals surface area contributed by atoms with E-state index in [1.165, 1.54) is 51.4 Å². The van der Waals surface area contributed by atoms with Crippen molar-refractivity contribution in [2.24, 2.45) is 0 Å². The minimum Gasteiger partial charge on any atom is -0.481 e. The van der Waals surface area contributed by atoms with Crippen molar-refractivity contribution in [3.63, 3.8) is 0 Å². The van der Waals surface area contributed by atoms with Crippen LogP contribution in [0.1, 0.15) is 84.0 Å². The molecule has 0 saturated heterocycles. The number of carboxylic acid groups (broad SMARTS) is 1. The maximum Gasteiger partial charge on any atom is 0.472 e. The van der Waals surface area contributed by atoms with Crippen molar-refractivity contribution in [3.05, 3.63) is 0 Å². The van der Waals surface area contributed by atoms with Crippen LogP contribution in [0.25, 0.3) is 0 Å². The van der Waals surface area contributed by atoms with Gasteiger partial charge in [0, 0.05) is 0 Å². The van der Waals surface area contributed by atoms with Gasteiger partial charge in [-0.2, -0.15) is 0 Å². The molecule has 8 heteroatoms. The zero-order valence-electron chi connectivity index (χ0n) is 18.4. The van der Waals surface area contributed by atoms with Gasteiger partial charge in [0.1, 0.15) is 12.6 Å². The SMILES string of the molecule is CCCCCCCCCCCCCOP(=O)(O)O[C@H](CC(=O)O)C[N+](C)(C)C. The molecule has 0 rings (SSSR count). The van der Waals surface area contributed by atoms with Crippen molar-refractivity contribution in [3.8, 4) is 0 Å². The van der Waals surface area contributed by atoms with Crippen LogP contribution < -0.4 is 0 Å². The number of phosphoric acid groups is 1. The molecule has 0 aliphatic carbocycles. The third-order valence-corrected chi connectivity index (χ3v) is 5.51. The van der Waals surface area contributed by atoms with Crippen molar-refractivity contribution in [1.82, 2.24) is 0 Å². The number of hydrogen-bond donors (Lipinski definition) is 2. The Balaban J connectivity index is 3.88. The lowest BCUT2D eigenvalue weighted by Gasteiger charge is -2.29. The summed E-state index contributed by atoms with van der Waals surface area (Å²) in [6.45, 7) is 2.68. The van der Waals surface area contributed by atoms with Gasteiger partial charge < -0.3 is 14.5 Å². The molecule has 1 unspecified atom stereocenters. The van der Waals surface area contributed by atoms with Crippen LogP contribution in [0.15, 0.2) is 0 Å². The van der Waals surface area contributed by atoms with Gasteiger partial charge in [0.2, 0.25) is 0 Å². The maximum absolute atomic E-state index is 12.1. The van der Waals surface area contributed by atoms with Gasteiger partial charge in [-0.05, 0) is 6.42 Å². The number of hydrogen-bond acceptors (Lipinski definition) is 4. The number of carbonyl (C=O) groups is 1. The number of quaternary nitrogens is 1. The zero-order chi connectivity index (χ0) is 21.5. The minimum atomic E-state index is -4.24. The molecule has 2 atom stereocenters. The summed E-state index contributed by atoms with van der Waals surface area (Å²) >= 11 is 0. The van der Waals surface area contributed by atoms with Gasteiger partial charge in [-0.3, -0.25) is 13.8 Å². The lowest BCUT2D eigenvalue weighted by molar-refractivity contribution is -0.873. The summed E-state index contributed by atoms with van der Waals surface area (Å²) in [6.07, 6.45) is 11.9. The fourth-order valence-electron chi connectivity index (χ4n) is 3.11. The highest BCUT2D eigenvalue weighted by Gasteiger charge is 2.31. The Bertz CT molecular complexity index is 452. The van der Waals surface area contributed by atoms with Crippen molar-refractivity contribution in [2.75, 3.05) is 34.3 Å². The van der Waals surface area contributed by atoms with Crippen molar-refractivity contribution in [1.29, 1.82) is 0 Å². The molecule has 0 spiro atoms. The first-order valence-corrected chi connectivity index (χ1v) is 12.2. The normalized spacial score (nSPS) is 15.3. The Hall–Kier alpha value is -0.460. The molecular weight excluding hydrogens is 381 g/mol. The molecule has 0 aromatic rings. The Morgan fingerprint density at radius 1 is 0.929 bits per heavy atom. The highest BCUT2D eigenvalue weighted by molar-refractivity contribution is 7.47. The Labute approximate surface area is 171 Å². The molecule has 0 aromatic carbocycles. The molecule has 7 nitrogen and oxygen atoms in total. The molecule has 0 saturated carbocycles. The van der Waals surface area contributed by atoms with Gasteiger partial charge in [0.15, 0.2) is 0 Å². The number of unbranched alkanes of at least 4 members (excludes halogenated alkanes) is 10. The maximum atomic E-state index is 12.1. The second kappa shape index (κ2) is 15.4. The summed E-state index contributed by atoms with van der Waals surface area (Å²) in [4.78, 5) is 20.8. The van der Waals surface area contributed by atoms with E-state index in [2.05, 4.69) is 6.92 Å². The number of aliphatic carboxylic acids is 1. The molecule has 0 heterocycles. The summed E-state index contributed by atoms with van der Waals surface area (Å²) in [5, 5.41) is 8.97. The van der Waals surface area contributed by atoms with Crippen LogP contribution in [-0.2, 0) is 18.4 Å². The molecule has 0 fully saturated rings. The van der Waals surface area contributed by atoms with E-state index in [4.69, 9.17) is 14.2 Å². The van der Waals surface area contributed by atoms with E-state index in [9.17, 15) is 14.3 Å². The smallest absolute Gasteiger partial charge is 0.472 e. The topological polar surface area (TPSA) is 93.1 Å². The van der Waals surface area contributed by atoms with Gasteiger partial charge in [0.25, 0.3) is 0 Å². The number of nitrogens with zero attached hydrogens (tertiary/aromatic N) is 1. The van der Waals surface area contributed by atoms with E-state index < -0.39 is 19.9 Å².